The summed E-state index contributed by atoms with van der Waals surface area (Å²) in [5, 5.41) is 0. The number of carbonyl (C=O) groups excluding carboxylic acids is 1. The van der Waals surface area contributed by atoms with Gasteiger partial charge < -0.3 is 9.47 Å². The fourth-order valence-electron chi connectivity index (χ4n) is 1.07. The van der Waals surface area contributed by atoms with Crippen LogP contribution in [0.15, 0.2) is 22.7 Å². The van der Waals surface area contributed by atoms with Crippen molar-refractivity contribution in [2.45, 2.75) is 13.5 Å². The van der Waals surface area contributed by atoms with Crippen LogP contribution in [0.2, 0.25) is 0 Å². The second-order valence-corrected chi connectivity index (χ2v) is 3.66. The second kappa shape index (κ2) is 5.79. The lowest BCUT2D eigenvalue weighted by Gasteiger charge is -2.10. The molecule has 1 rings (SSSR count). The third-order valence-electron chi connectivity index (χ3n) is 1.65. The molecule has 16 heavy (non-hydrogen) atoms. The highest BCUT2D eigenvalue weighted by Gasteiger charge is 2.17. The maximum Gasteiger partial charge on any atom is 0.387 e. The molecule has 0 saturated heterocycles. The van der Waals surface area contributed by atoms with Gasteiger partial charge in [0, 0.05) is 4.47 Å². The summed E-state index contributed by atoms with van der Waals surface area (Å²) in [5.41, 5.74) is -0.0310. The Bertz CT molecular complexity index is 382. The van der Waals surface area contributed by atoms with Gasteiger partial charge in [-0.2, -0.15) is 8.78 Å². The SMILES string of the molecule is CCOC(=O)c1cc(Br)ccc1OC(F)F. The molecule has 0 aliphatic heterocycles. The van der Waals surface area contributed by atoms with Crippen molar-refractivity contribution in [2.75, 3.05) is 6.61 Å². The summed E-state index contributed by atoms with van der Waals surface area (Å²) < 4.78 is 33.6. The van der Waals surface area contributed by atoms with Gasteiger partial charge in [0.15, 0.2) is 0 Å². The summed E-state index contributed by atoms with van der Waals surface area (Å²) in [5.74, 6) is -0.892. The summed E-state index contributed by atoms with van der Waals surface area (Å²) in [4.78, 5) is 11.4. The molecule has 0 radical (unpaired) electrons. The van der Waals surface area contributed by atoms with Crippen molar-refractivity contribution in [3.63, 3.8) is 0 Å². The van der Waals surface area contributed by atoms with Crippen molar-refractivity contribution >= 4 is 21.9 Å². The number of halogens is 3. The zero-order valence-electron chi connectivity index (χ0n) is 8.38. The number of carbonyl (C=O) groups is 1. The van der Waals surface area contributed by atoms with Crippen LogP contribution in [0.3, 0.4) is 0 Å². The largest absolute Gasteiger partial charge is 0.462 e. The highest BCUT2D eigenvalue weighted by atomic mass is 79.9. The van der Waals surface area contributed by atoms with E-state index in [0.717, 1.165) is 0 Å². The molecule has 0 N–H and O–H groups in total. The molecule has 0 amide bonds. The zero-order chi connectivity index (χ0) is 12.1. The molecule has 1 aromatic rings. The highest BCUT2D eigenvalue weighted by molar-refractivity contribution is 9.10. The predicted molar refractivity (Wildman–Crippen MR) is 56.7 cm³/mol. The normalized spacial score (nSPS) is 10.3. The third kappa shape index (κ3) is 3.44. The van der Waals surface area contributed by atoms with Gasteiger partial charge in [0.25, 0.3) is 0 Å². The Labute approximate surface area is 99.5 Å². The van der Waals surface area contributed by atoms with E-state index in [0.29, 0.717) is 4.47 Å². The van der Waals surface area contributed by atoms with Gasteiger partial charge >= 0.3 is 12.6 Å². The minimum atomic E-state index is -2.98. The molecule has 6 heteroatoms. The van der Waals surface area contributed by atoms with Crippen LogP contribution in [0.5, 0.6) is 5.75 Å². The molecule has 0 atom stereocenters. The average molecular weight is 295 g/mol. The van der Waals surface area contributed by atoms with Crippen molar-refractivity contribution in [3.05, 3.63) is 28.2 Å². The van der Waals surface area contributed by atoms with Crippen molar-refractivity contribution in [1.82, 2.24) is 0 Å². The van der Waals surface area contributed by atoms with E-state index in [9.17, 15) is 13.6 Å². The fraction of sp³-hybridized carbons (Fsp3) is 0.300. The summed E-state index contributed by atoms with van der Waals surface area (Å²) >= 11 is 3.13. The third-order valence-corrected chi connectivity index (χ3v) is 2.15. The highest BCUT2D eigenvalue weighted by Crippen LogP contribution is 2.25. The molecular formula is C10H9BrF2O3. The van der Waals surface area contributed by atoms with Gasteiger partial charge in [-0.25, -0.2) is 4.79 Å². The number of hydrogen-bond donors (Lipinski definition) is 0. The molecule has 0 spiro atoms. The summed E-state index contributed by atoms with van der Waals surface area (Å²) in [6, 6.07) is 4.15. The van der Waals surface area contributed by atoms with E-state index in [4.69, 9.17) is 4.74 Å². The molecule has 1 aromatic carbocycles. The summed E-state index contributed by atoms with van der Waals surface area (Å²) in [6.07, 6.45) is 0. The monoisotopic (exact) mass is 294 g/mol. The van der Waals surface area contributed by atoms with Crippen LogP contribution in [0.4, 0.5) is 8.78 Å². The van der Waals surface area contributed by atoms with E-state index < -0.39 is 12.6 Å². The molecule has 0 aliphatic carbocycles. The quantitative estimate of drug-likeness (QED) is 0.800. The Balaban J connectivity index is 3.02. The zero-order valence-corrected chi connectivity index (χ0v) is 9.96. The first-order chi connectivity index (χ1) is 7.54. The minimum absolute atomic E-state index is 0.0310. The fourth-order valence-corrected chi connectivity index (χ4v) is 1.43. The van der Waals surface area contributed by atoms with Crippen molar-refractivity contribution in [3.8, 4) is 5.75 Å². The molecule has 0 saturated carbocycles. The number of benzene rings is 1. The van der Waals surface area contributed by atoms with E-state index in [1.807, 2.05) is 0 Å². The van der Waals surface area contributed by atoms with E-state index in [1.54, 1.807) is 6.92 Å². The molecular weight excluding hydrogens is 286 g/mol. The van der Waals surface area contributed by atoms with Gasteiger partial charge in [-0.1, -0.05) is 15.9 Å². The van der Waals surface area contributed by atoms with Crippen LogP contribution in [0, 0.1) is 0 Å². The number of hydrogen-bond acceptors (Lipinski definition) is 3. The molecule has 0 unspecified atom stereocenters. The van der Waals surface area contributed by atoms with Gasteiger partial charge in [0.1, 0.15) is 11.3 Å². The summed E-state index contributed by atoms with van der Waals surface area (Å²) in [6.45, 7) is -1.18. The molecule has 88 valence electrons. The second-order valence-electron chi connectivity index (χ2n) is 2.74. The van der Waals surface area contributed by atoms with E-state index >= 15 is 0 Å². The van der Waals surface area contributed by atoms with Crippen molar-refractivity contribution in [1.29, 1.82) is 0 Å². The van der Waals surface area contributed by atoms with E-state index in [2.05, 4.69) is 20.7 Å². The van der Waals surface area contributed by atoms with Gasteiger partial charge in [-0.05, 0) is 25.1 Å². The van der Waals surface area contributed by atoms with Gasteiger partial charge in [0.2, 0.25) is 0 Å². The lowest BCUT2D eigenvalue weighted by Crippen LogP contribution is -2.10. The van der Waals surface area contributed by atoms with Crippen LogP contribution >= 0.6 is 15.9 Å². The predicted octanol–water partition coefficient (Wildman–Crippen LogP) is 3.23. The first-order valence-electron chi connectivity index (χ1n) is 4.46. The first-order valence-corrected chi connectivity index (χ1v) is 5.25. The van der Waals surface area contributed by atoms with Crippen molar-refractivity contribution < 1.29 is 23.0 Å². The van der Waals surface area contributed by atoms with E-state index in [1.165, 1.54) is 18.2 Å². The maximum absolute atomic E-state index is 12.1. The van der Waals surface area contributed by atoms with Crippen LogP contribution in [-0.4, -0.2) is 19.2 Å². The molecule has 0 aromatic heterocycles. The Morgan fingerprint density at radius 1 is 1.50 bits per heavy atom. The molecule has 0 heterocycles. The van der Waals surface area contributed by atoms with Crippen LogP contribution in [0.1, 0.15) is 17.3 Å². The Kier molecular flexibility index (Phi) is 4.67. The Morgan fingerprint density at radius 2 is 2.19 bits per heavy atom. The van der Waals surface area contributed by atoms with E-state index in [-0.39, 0.29) is 17.9 Å². The first kappa shape index (κ1) is 12.9. The number of esters is 1. The lowest BCUT2D eigenvalue weighted by atomic mass is 10.2. The maximum atomic E-state index is 12.1. The Hall–Kier alpha value is -1.17. The van der Waals surface area contributed by atoms with Crippen LogP contribution < -0.4 is 4.74 Å². The molecule has 3 nitrogen and oxygen atoms in total. The van der Waals surface area contributed by atoms with Gasteiger partial charge in [0.05, 0.1) is 6.61 Å². The minimum Gasteiger partial charge on any atom is -0.462 e. The number of alkyl halides is 2. The van der Waals surface area contributed by atoms with Crippen LogP contribution in [-0.2, 0) is 4.74 Å². The van der Waals surface area contributed by atoms with Gasteiger partial charge in [-0.3, -0.25) is 0 Å². The lowest BCUT2D eigenvalue weighted by molar-refractivity contribution is -0.0504. The topological polar surface area (TPSA) is 35.5 Å². The molecule has 0 fully saturated rings. The Morgan fingerprint density at radius 3 is 2.75 bits per heavy atom. The molecule has 0 bridgehead atoms. The number of rotatable bonds is 4. The molecule has 0 aliphatic rings. The summed E-state index contributed by atoms with van der Waals surface area (Å²) in [7, 11) is 0. The van der Waals surface area contributed by atoms with Crippen LogP contribution in [0.25, 0.3) is 0 Å². The van der Waals surface area contributed by atoms with Gasteiger partial charge in [-0.15, -0.1) is 0 Å². The smallest absolute Gasteiger partial charge is 0.387 e. The average Bonchev–Trinajstić information content (AvgIpc) is 2.20. The standard InChI is InChI=1S/C10H9BrF2O3/c1-2-15-9(14)7-5-6(11)3-4-8(7)16-10(12)13/h3-5,10H,2H2,1H3. The van der Waals surface area contributed by atoms with Crippen molar-refractivity contribution in [2.24, 2.45) is 0 Å². The number of ether oxygens (including phenoxy) is 2.